The van der Waals surface area contributed by atoms with Crippen molar-refractivity contribution >= 4 is 23.9 Å². The van der Waals surface area contributed by atoms with Crippen LogP contribution in [0.4, 0.5) is 0 Å². The summed E-state index contributed by atoms with van der Waals surface area (Å²) >= 11 is 0. The molecule has 0 amide bonds. The zero-order valence-electron chi connectivity index (χ0n) is 11.0. The summed E-state index contributed by atoms with van der Waals surface area (Å²) in [6, 6.07) is 0. The summed E-state index contributed by atoms with van der Waals surface area (Å²) in [5.74, 6) is -9.85. The van der Waals surface area contributed by atoms with Crippen molar-refractivity contribution < 1.29 is 39.6 Å². The topological polar surface area (TPSA) is 149 Å². The first-order chi connectivity index (χ1) is 9.73. The van der Waals surface area contributed by atoms with Crippen molar-refractivity contribution in [2.75, 3.05) is 0 Å². The van der Waals surface area contributed by atoms with Gasteiger partial charge in [-0.05, 0) is 31.1 Å². The van der Waals surface area contributed by atoms with Crippen LogP contribution in [0.1, 0.15) is 19.3 Å². The van der Waals surface area contributed by atoms with Crippen molar-refractivity contribution in [3.63, 3.8) is 0 Å². The van der Waals surface area contributed by atoms with Gasteiger partial charge in [-0.25, -0.2) is 0 Å². The molecule has 2 unspecified atom stereocenters. The Labute approximate surface area is 119 Å². The fourth-order valence-electron chi connectivity index (χ4n) is 2.49. The summed E-state index contributed by atoms with van der Waals surface area (Å²) in [6.07, 6.45) is 3.39. The molecule has 0 saturated heterocycles. The summed E-state index contributed by atoms with van der Waals surface area (Å²) < 4.78 is 0. The number of carboxylic acid groups (broad SMARTS) is 4. The molecule has 1 aliphatic rings. The number of carboxylic acids is 4. The smallest absolute Gasteiger partial charge is 0.317 e. The second kappa shape index (κ2) is 6.87. The van der Waals surface area contributed by atoms with E-state index in [9.17, 15) is 19.2 Å². The zero-order chi connectivity index (χ0) is 16.2. The van der Waals surface area contributed by atoms with E-state index in [1.165, 1.54) is 0 Å². The van der Waals surface area contributed by atoms with E-state index < -0.39 is 41.6 Å². The second-order valence-electron chi connectivity index (χ2n) is 5.02. The summed E-state index contributed by atoms with van der Waals surface area (Å²) in [6.45, 7) is 0. The van der Waals surface area contributed by atoms with Gasteiger partial charge in [0.05, 0.1) is 0 Å². The molecule has 0 aromatic rings. The Morgan fingerprint density at radius 3 is 1.71 bits per heavy atom. The quantitative estimate of drug-likeness (QED) is 0.374. The van der Waals surface area contributed by atoms with Crippen LogP contribution in [-0.2, 0) is 19.2 Å². The summed E-state index contributed by atoms with van der Waals surface area (Å²) in [5, 5.41) is 35.4. The lowest BCUT2D eigenvalue weighted by Gasteiger charge is -2.22. The van der Waals surface area contributed by atoms with Gasteiger partial charge in [0.2, 0.25) is 0 Å². The molecule has 0 saturated carbocycles. The molecule has 4 N–H and O–H groups in total. The Morgan fingerprint density at radius 1 is 0.857 bits per heavy atom. The van der Waals surface area contributed by atoms with Gasteiger partial charge in [0.25, 0.3) is 0 Å². The molecule has 0 fully saturated rings. The Hall–Kier alpha value is -2.38. The van der Waals surface area contributed by atoms with E-state index in [4.69, 9.17) is 20.4 Å². The first kappa shape index (κ1) is 16.7. The van der Waals surface area contributed by atoms with Crippen LogP contribution in [-0.4, -0.2) is 44.3 Å². The number of aliphatic carboxylic acids is 4. The van der Waals surface area contributed by atoms with Gasteiger partial charge in [-0.1, -0.05) is 12.2 Å². The standard InChI is InChI=1S/C13H16O8/c14-10(15)8(11(16)17)4-6-2-1-3-7(6)5-9(12(18)19)13(20)21/h1-2,6-9H,3-5H2,(H,14,15)(H,16,17)(H,18,19)(H,20,21). The van der Waals surface area contributed by atoms with Crippen molar-refractivity contribution in [3.05, 3.63) is 12.2 Å². The molecule has 2 atom stereocenters. The number of carbonyl (C=O) groups is 4. The summed E-state index contributed by atoms with van der Waals surface area (Å²) in [4.78, 5) is 43.5. The molecule has 116 valence electrons. The van der Waals surface area contributed by atoms with Crippen LogP contribution in [0.3, 0.4) is 0 Å². The largest absolute Gasteiger partial charge is 0.481 e. The van der Waals surface area contributed by atoms with Gasteiger partial charge < -0.3 is 20.4 Å². The third kappa shape index (κ3) is 4.30. The fourth-order valence-corrected chi connectivity index (χ4v) is 2.49. The van der Waals surface area contributed by atoms with E-state index in [-0.39, 0.29) is 18.8 Å². The maximum absolute atomic E-state index is 10.9. The predicted molar refractivity (Wildman–Crippen MR) is 67.5 cm³/mol. The lowest BCUT2D eigenvalue weighted by Crippen LogP contribution is -2.30. The zero-order valence-corrected chi connectivity index (χ0v) is 11.0. The number of rotatable bonds is 8. The van der Waals surface area contributed by atoms with Gasteiger partial charge in [-0.2, -0.15) is 0 Å². The summed E-state index contributed by atoms with van der Waals surface area (Å²) in [7, 11) is 0. The van der Waals surface area contributed by atoms with Crippen LogP contribution in [0, 0.1) is 23.7 Å². The van der Waals surface area contributed by atoms with E-state index in [1.807, 2.05) is 0 Å². The molecule has 8 heteroatoms. The third-order valence-electron chi connectivity index (χ3n) is 3.67. The molecule has 0 aliphatic heterocycles. The van der Waals surface area contributed by atoms with E-state index in [2.05, 4.69) is 0 Å². The van der Waals surface area contributed by atoms with Gasteiger partial charge in [0.15, 0.2) is 11.8 Å². The Kier molecular flexibility index (Phi) is 5.45. The van der Waals surface area contributed by atoms with Crippen molar-refractivity contribution in [2.24, 2.45) is 23.7 Å². The molecule has 0 aromatic carbocycles. The highest BCUT2D eigenvalue weighted by Crippen LogP contribution is 2.35. The van der Waals surface area contributed by atoms with E-state index in [1.54, 1.807) is 12.2 Å². The van der Waals surface area contributed by atoms with Crippen LogP contribution in [0.5, 0.6) is 0 Å². The first-order valence-electron chi connectivity index (χ1n) is 6.32. The SMILES string of the molecule is O=C(O)C(CC1C=CCC1CC(C(=O)O)C(=O)O)C(=O)O. The average molecular weight is 300 g/mol. The van der Waals surface area contributed by atoms with Gasteiger partial charge in [0.1, 0.15) is 0 Å². The Bertz CT molecular complexity index is 453. The highest BCUT2D eigenvalue weighted by Gasteiger charge is 2.37. The molecule has 0 spiro atoms. The maximum Gasteiger partial charge on any atom is 0.317 e. The molecule has 21 heavy (non-hydrogen) atoms. The van der Waals surface area contributed by atoms with Crippen molar-refractivity contribution in [1.29, 1.82) is 0 Å². The van der Waals surface area contributed by atoms with Crippen LogP contribution < -0.4 is 0 Å². The lowest BCUT2D eigenvalue weighted by atomic mass is 9.81. The highest BCUT2D eigenvalue weighted by molar-refractivity contribution is 5.93. The Balaban J connectivity index is 2.76. The number of hydrogen-bond acceptors (Lipinski definition) is 4. The van der Waals surface area contributed by atoms with E-state index in [0.29, 0.717) is 6.42 Å². The van der Waals surface area contributed by atoms with Crippen LogP contribution >= 0.6 is 0 Å². The van der Waals surface area contributed by atoms with Gasteiger partial charge in [-0.15, -0.1) is 0 Å². The third-order valence-corrected chi connectivity index (χ3v) is 3.67. The van der Waals surface area contributed by atoms with Gasteiger partial charge in [0, 0.05) is 0 Å². The normalized spacial score (nSPS) is 20.9. The average Bonchev–Trinajstić information content (AvgIpc) is 2.78. The van der Waals surface area contributed by atoms with Gasteiger partial charge in [-0.3, -0.25) is 19.2 Å². The first-order valence-corrected chi connectivity index (χ1v) is 6.32. The second-order valence-corrected chi connectivity index (χ2v) is 5.02. The van der Waals surface area contributed by atoms with Crippen molar-refractivity contribution in [1.82, 2.24) is 0 Å². The van der Waals surface area contributed by atoms with Crippen molar-refractivity contribution in [3.8, 4) is 0 Å². The molecule has 1 aliphatic carbocycles. The molecule has 1 rings (SSSR count). The van der Waals surface area contributed by atoms with E-state index >= 15 is 0 Å². The van der Waals surface area contributed by atoms with Crippen LogP contribution in [0.25, 0.3) is 0 Å². The van der Waals surface area contributed by atoms with Crippen LogP contribution in [0.15, 0.2) is 12.2 Å². The monoisotopic (exact) mass is 300 g/mol. The predicted octanol–water partition coefficient (Wildman–Crippen LogP) is 0.530. The molecule has 8 nitrogen and oxygen atoms in total. The lowest BCUT2D eigenvalue weighted by molar-refractivity contribution is -0.158. The molecular weight excluding hydrogens is 284 g/mol. The maximum atomic E-state index is 10.9. The fraction of sp³-hybridized carbons (Fsp3) is 0.538. The Morgan fingerprint density at radius 2 is 1.29 bits per heavy atom. The molecule has 0 aromatic heterocycles. The number of hydrogen-bond donors (Lipinski definition) is 4. The molecule has 0 bridgehead atoms. The highest BCUT2D eigenvalue weighted by atomic mass is 16.4. The minimum atomic E-state index is -1.59. The number of allylic oxidation sites excluding steroid dienone is 2. The van der Waals surface area contributed by atoms with Gasteiger partial charge >= 0.3 is 23.9 Å². The van der Waals surface area contributed by atoms with Crippen molar-refractivity contribution in [2.45, 2.75) is 19.3 Å². The molecular formula is C13H16O8. The molecule has 0 heterocycles. The molecule has 0 radical (unpaired) electrons. The minimum Gasteiger partial charge on any atom is -0.481 e. The summed E-state index contributed by atoms with van der Waals surface area (Å²) in [5.41, 5.74) is 0. The van der Waals surface area contributed by atoms with E-state index in [0.717, 1.165) is 0 Å². The minimum absolute atomic E-state index is 0.158. The van der Waals surface area contributed by atoms with Crippen LogP contribution in [0.2, 0.25) is 0 Å².